The number of anilines is 1. The van der Waals surface area contributed by atoms with Crippen molar-refractivity contribution in [2.45, 2.75) is 24.9 Å². The summed E-state index contributed by atoms with van der Waals surface area (Å²) in [5.41, 5.74) is -0.214. The zero-order valence-electron chi connectivity index (χ0n) is 17.7. The summed E-state index contributed by atoms with van der Waals surface area (Å²) in [5, 5.41) is 11.0. The van der Waals surface area contributed by atoms with Crippen molar-refractivity contribution in [1.82, 2.24) is 0 Å². The van der Waals surface area contributed by atoms with Gasteiger partial charge in [0.2, 0.25) is 0 Å². The highest BCUT2D eigenvalue weighted by atomic mass is 16.5. The van der Waals surface area contributed by atoms with Gasteiger partial charge in [0, 0.05) is 32.1 Å². The number of carbonyl (C=O) groups is 3. The lowest BCUT2D eigenvalue weighted by atomic mass is 9.61. The van der Waals surface area contributed by atoms with E-state index in [4.69, 9.17) is 9.47 Å². The van der Waals surface area contributed by atoms with Crippen LogP contribution in [0.5, 0.6) is 0 Å². The third kappa shape index (κ3) is 4.97. The number of ketones is 1. The standard InChI is InChI=1S/C23H29NO6/c1-6-12-29-21(26)19-17(25)14-23(3,28)20(22(27)30-13-7-2)18(19)15-8-10-16(11-9-15)24(4)5/h6-11,18-20,28H,1-2,12-14H2,3-5H3/t18-,19-,20+,23+/m1/s1. The van der Waals surface area contributed by atoms with Crippen LogP contribution in [-0.2, 0) is 23.9 Å². The Kier molecular flexibility index (Phi) is 7.56. The highest BCUT2D eigenvalue weighted by Crippen LogP contribution is 2.47. The molecule has 1 N–H and O–H groups in total. The maximum atomic E-state index is 12.9. The minimum atomic E-state index is -1.69. The number of rotatable bonds is 8. The number of carbonyl (C=O) groups excluding carboxylic acids is 3. The second-order valence-electron chi connectivity index (χ2n) is 7.80. The Bertz CT molecular complexity index is 811. The number of Topliss-reactive ketones (excluding diaryl/α,β-unsaturated/α-hetero) is 1. The molecule has 0 saturated heterocycles. The molecule has 1 saturated carbocycles. The van der Waals surface area contributed by atoms with Gasteiger partial charge >= 0.3 is 11.9 Å². The van der Waals surface area contributed by atoms with E-state index in [-0.39, 0.29) is 19.6 Å². The number of aliphatic hydroxyl groups is 1. The molecule has 7 nitrogen and oxygen atoms in total. The van der Waals surface area contributed by atoms with Crippen LogP contribution in [0.1, 0.15) is 24.8 Å². The quantitative estimate of drug-likeness (QED) is 0.395. The second kappa shape index (κ2) is 9.71. The summed E-state index contributed by atoms with van der Waals surface area (Å²) in [5.74, 6) is -5.25. The van der Waals surface area contributed by atoms with Crippen LogP contribution >= 0.6 is 0 Å². The van der Waals surface area contributed by atoms with E-state index in [2.05, 4.69) is 13.2 Å². The first-order valence-electron chi connectivity index (χ1n) is 9.71. The topological polar surface area (TPSA) is 93.1 Å². The first-order chi connectivity index (χ1) is 14.1. The van der Waals surface area contributed by atoms with Crippen molar-refractivity contribution in [3.05, 3.63) is 55.1 Å². The van der Waals surface area contributed by atoms with Crippen LogP contribution in [0, 0.1) is 11.8 Å². The summed E-state index contributed by atoms with van der Waals surface area (Å²) < 4.78 is 10.4. The number of benzene rings is 1. The van der Waals surface area contributed by atoms with Crippen LogP contribution in [0.2, 0.25) is 0 Å². The maximum Gasteiger partial charge on any atom is 0.317 e. The highest BCUT2D eigenvalue weighted by molar-refractivity contribution is 6.02. The van der Waals surface area contributed by atoms with Crippen molar-refractivity contribution >= 4 is 23.4 Å². The lowest BCUT2D eigenvalue weighted by molar-refractivity contribution is -0.171. The zero-order chi connectivity index (χ0) is 22.5. The average molecular weight is 415 g/mol. The summed E-state index contributed by atoms with van der Waals surface area (Å²) in [6.45, 7) is 8.35. The first-order valence-corrected chi connectivity index (χ1v) is 9.71. The molecular weight excluding hydrogens is 386 g/mol. The monoisotopic (exact) mass is 415 g/mol. The van der Waals surface area contributed by atoms with E-state index in [0.29, 0.717) is 5.56 Å². The van der Waals surface area contributed by atoms with Gasteiger partial charge in [0.1, 0.15) is 19.1 Å². The van der Waals surface area contributed by atoms with Crippen molar-refractivity contribution in [1.29, 1.82) is 0 Å². The molecule has 0 amide bonds. The fourth-order valence-corrected chi connectivity index (χ4v) is 3.87. The molecular formula is C23H29NO6. The van der Waals surface area contributed by atoms with Crippen molar-refractivity contribution in [3.8, 4) is 0 Å². The Morgan fingerprint density at radius 3 is 2.17 bits per heavy atom. The van der Waals surface area contributed by atoms with E-state index in [9.17, 15) is 19.5 Å². The largest absolute Gasteiger partial charge is 0.461 e. The Balaban J connectivity index is 2.57. The van der Waals surface area contributed by atoms with Gasteiger partial charge in [-0.2, -0.15) is 0 Å². The summed E-state index contributed by atoms with van der Waals surface area (Å²) in [6, 6.07) is 7.13. The molecule has 0 heterocycles. The molecule has 0 radical (unpaired) electrons. The number of hydrogen-bond donors (Lipinski definition) is 1. The molecule has 7 heteroatoms. The second-order valence-corrected chi connectivity index (χ2v) is 7.80. The van der Waals surface area contributed by atoms with Gasteiger partial charge in [-0.25, -0.2) is 0 Å². The van der Waals surface area contributed by atoms with Gasteiger partial charge in [-0.1, -0.05) is 37.4 Å². The van der Waals surface area contributed by atoms with Crippen molar-refractivity contribution < 1.29 is 29.0 Å². The summed E-state index contributed by atoms with van der Waals surface area (Å²) in [4.78, 5) is 40.5. The average Bonchev–Trinajstić information content (AvgIpc) is 2.69. The minimum absolute atomic E-state index is 0.0444. The van der Waals surface area contributed by atoms with Gasteiger partial charge in [0.25, 0.3) is 0 Å². The van der Waals surface area contributed by atoms with E-state index in [1.165, 1.54) is 19.1 Å². The molecule has 1 fully saturated rings. The van der Waals surface area contributed by atoms with Crippen molar-refractivity contribution in [2.24, 2.45) is 11.8 Å². The van der Waals surface area contributed by atoms with Gasteiger partial charge in [-0.05, 0) is 24.6 Å². The van der Waals surface area contributed by atoms with Gasteiger partial charge < -0.3 is 19.5 Å². The predicted octanol–water partition coefficient (Wildman–Crippen LogP) is 2.25. The fraction of sp³-hybridized carbons (Fsp3) is 0.435. The molecule has 0 aliphatic heterocycles. The first kappa shape index (κ1) is 23.3. The van der Waals surface area contributed by atoms with Crippen molar-refractivity contribution in [3.63, 3.8) is 0 Å². The van der Waals surface area contributed by atoms with Crippen LogP contribution in [0.25, 0.3) is 0 Å². The molecule has 1 aliphatic carbocycles. The third-order valence-electron chi connectivity index (χ3n) is 5.26. The van der Waals surface area contributed by atoms with E-state index >= 15 is 0 Å². The van der Waals surface area contributed by atoms with E-state index in [1.54, 1.807) is 12.1 Å². The van der Waals surface area contributed by atoms with Crippen molar-refractivity contribution in [2.75, 3.05) is 32.2 Å². The van der Waals surface area contributed by atoms with Crippen LogP contribution in [0.4, 0.5) is 5.69 Å². The molecule has 0 bridgehead atoms. The van der Waals surface area contributed by atoms with E-state index < -0.39 is 41.1 Å². The summed E-state index contributed by atoms with van der Waals surface area (Å²) >= 11 is 0. The van der Waals surface area contributed by atoms with Gasteiger partial charge in [-0.15, -0.1) is 0 Å². The molecule has 1 aromatic carbocycles. The number of esters is 2. The summed E-state index contributed by atoms with van der Waals surface area (Å²) in [7, 11) is 3.77. The molecule has 0 spiro atoms. The van der Waals surface area contributed by atoms with Crippen LogP contribution in [-0.4, -0.2) is 55.7 Å². The molecule has 1 aromatic rings. The molecule has 4 atom stereocenters. The smallest absolute Gasteiger partial charge is 0.317 e. The fourth-order valence-electron chi connectivity index (χ4n) is 3.87. The Hall–Kier alpha value is -2.93. The van der Waals surface area contributed by atoms with Crippen LogP contribution < -0.4 is 4.90 Å². The van der Waals surface area contributed by atoms with Crippen LogP contribution in [0.15, 0.2) is 49.6 Å². The number of nitrogens with zero attached hydrogens (tertiary/aromatic N) is 1. The van der Waals surface area contributed by atoms with E-state index in [0.717, 1.165) is 5.69 Å². The number of ether oxygens (including phenoxy) is 2. The Morgan fingerprint density at radius 2 is 1.67 bits per heavy atom. The minimum Gasteiger partial charge on any atom is -0.461 e. The Morgan fingerprint density at radius 1 is 1.13 bits per heavy atom. The summed E-state index contributed by atoms with van der Waals surface area (Å²) in [6.07, 6.45) is 2.45. The zero-order valence-corrected chi connectivity index (χ0v) is 17.7. The normalized spacial score (nSPS) is 25.9. The molecule has 0 aromatic heterocycles. The number of hydrogen-bond acceptors (Lipinski definition) is 7. The highest BCUT2D eigenvalue weighted by Gasteiger charge is 2.57. The molecule has 162 valence electrons. The Labute approximate surface area is 177 Å². The molecule has 0 unspecified atom stereocenters. The predicted molar refractivity (Wildman–Crippen MR) is 113 cm³/mol. The molecule has 2 rings (SSSR count). The van der Waals surface area contributed by atoms with Gasteiger partial charge in [0.05, 0.1) is 11.5 Å². The molecule has 30 heavy (non-hydrogen) atoms. The third-order valence-corrected chi connectivity index (χ3v) is 5.26. The van der Waals surface area contributed by atoms with Gasteiger partial charge in [-0.3, -0.25) is 14.4 Å². The van der Waals surface area contributed by atoms with E-state index in [1.807, 2.05) is 31.1 Å². The SMILES string of the molecule is C=CCOC(=O)[C@@H]1C(=O)C[C@](C)(O)[C@H](C(=O)OCC=C)[C@@H]1c1ccc(N(C)C)cc1. The van der Waals surface area contributed by atoms with Gasteiger partial charge in [0.15, 0.2) is 5.78 Å². The van der Waals surface area contributed by atoms with Crippen LogP contribution in [0.3, 0.4) is 0 Å². The maximum absolute atomic E-state index is 12.9. The lowest BCUT2D eigenvalue weighted by Crippen LogP contribution is -2.55. The molecule has 1 aliphatic rings. The lowest BCUT2D eigenvalue weighted by Gasteiger charge is -2.43.